The van der Waals surface area contributed by atoms with Crippen LogP contribution in [0.1, 0.15) is 18.4 Å². The molecule has 0 unspecified atom stereocenters. The summed E-state index contributed by atoms with van der Waals surface area (Å²) in [6, 6.07) is 14.0. The lowest BCUT2D eigenvalue weighted by atomic mass is 10.2. The van der Waals surface area contributed by atoms with Gasteiger partial charge in [-0.05, 0) is 54.1 Å². The van der Waals surface area contributed by atoms with Crippen LogP contribution >= 0.6 is 24.0 Å². The second-order valence-corrected chi connectivity index (χ2v) is 7.66. The van der Waals surface area contributed by atoms with Crippen molar-refractivity contribution >= 4 is 51.9 Å². The molecule has 2 amide bonds. The van der Waals surface area contributed by atoms with Crippen LogP contribution in [0.15, 0.2) is 53.4 Å². The molecule has 0 saturated carbocycles. The van der Waals surface area contributed by atoms with Crippen LogP contribution in [0.5, 0.6) is 11.5 Å². The second-order valence-electron chi connectivity index (χ2n) is 6.28. The minimum absolute atomic E-state index is 0.0152. The van der Waals surface area contributed by atoms with Crippen molar-refractivity contribution in [3.05, 3.63) is 59.0 Å². The van der Waals surface area contributed by atoms with Crippen LogP contribution in [-0.2, 0) is 4.79 Å². The van der Waals surface area contributed by atoms with Gasteiger partial charge in [0.1, 0.15) is 16.5 Å². The number of nitrogens with zero attached hydrogens (tertiary/aromatic N) is 1. The lowest BCUT2D eigenvalue weighted by Gasteiger charge is -2.14. The molecular weight excluding hydrogens is 408 g/mol. The summed E-state index contributed by atoms with van der Waals surface area (Å²) in [5, 5.41) is 12.2. The number of carbonyl (C=O) groups excluding carboxylic acids is 2. The molecule has 29 heavy (non-hydrogen) atoms. The van der Waals surface area contributed by atoms with Crippen LogP contribution in [0.4, 0.5) is 10.5 Å². The molecule has 1 heterocycles. The van der Waals surface area contributed by atoms with Gasteiger partial charge in [-0.1, -0.05) is 36.5 Å². The van der Waals surface area contributed by atoms with Crippen molar-refractivity contribution in [2.45, 2.75) is 12.8 Å². The standard InChI is InChI=1S/C21H20N2O4S2/c1-27-15-10-8-14(9-11-15)13-18-20(28)23(21(26)29-18)12-4-7-19(25)22-16-5-2-3-6-17(16)24/h2-3,5-6,8-11,13,24H,4,7,12H2,1H3,(H,22,25)/b18-13+. The van der Waals surface area contributed by atoms with E-state index in [4.69, 9.17) is 17.0 Å². The molecule has 2 N–H and O–H groups in total. The minimum atomic E-state index is -0.231. The van der Waals surface area contributed by atoms with Crippen LogP contribution in [0.2, 0.25) is 0 Å². The third-order valence-electron chi connectivity index (χ3n) is 4.25. The van der Waals surface area contributed by atoms with Gasteiger partial charge in [-0.25, -0.2) is 0 Å². The van der Waals surface area contributed by atoms with E-state index >= 15 is 0 Å². The number of para-hydroxylation sites is 2. The maximum atomic E-state index is 12.3. The predicted molar refractivity (Wildman–Crippen MR) is 119 cm³/mol. The van der Waals surface area contributed by atoms with E-state index in [0.29, 0.717) is 28.5 Å². The van der Waals surface area contributed by atoms with Gasteiger partial charge in [0.2, 0.25) is 5.91 Å². The van der Waals surface area contributed by atoms with Gasteiger partial charge in [-0.2, -0.15) is 0 Å². The number of benzene rings is 2. The van der Waals surface area contributed by atoms with E-state index in [1.807, 2.05) is 30.3 Å². The first-order valence-corrected chi connectivity index (χ1v) is 10.2. The van der Waals surface area contributed by atoms with Crippen LogP contribution in [0.3, 0.4) is 0 Å². The number of anilines is 1. The maximum Gasteiger partial charge on any atom is 0.291 e. The zero-order valence-corrected chi connectivity index (χ0v) is 17.4. The van der Waals surface area contributed by atoms with Crippen LogP contribution in [-0.4, -0.2) is 39.8 Å². The number of hydrogen-bond donors (Lipinski definition) is 2. The highest BCUT2D eigenvalue weighted by atomic mass is 32.2. The van der Waals surface area contributed by atoms with E-state index in [1.165, 1.54) is 11.0 Å². The minimum Gasteiger partial charge on any atom is -0.506 e. The monoisotopic (exact) mass is 428 g/mol. The number of rotatable bonds is 7. The average Bonchev–Trinajstić information content (AvgIpc) is 2.97. The number of methoxy groups -OCH3 is 1. The van der Waals surface area contributed by atoms with Crippen molar-refractivity contribution in [2.75, 3.05) is 19.0 Å². The molecule has 2 aromatic rings. The molecular formula is C21H20N2O4S2. The summed E-state index contributed by atoms with van der Waals surface area (Å²) >= 11 is 6.54. The van der Waals surface area contributed by atoms with E-state index < -0.39 is 0 Å². The Bertz CT molecular complexity index is 957. The molecule has 1 aliphatic rings. The van der Waals surface area contributed by atoms with Gasteiger partial charge in [0.15, 0.2) is 0 Å². The van der Waals surface area contributed by atoms with Crippen molar-refractivity contribution in [3.63, 3.8) is 0 Å². The highest BCUT2D eigenvalue weighted by Crippen LogP contribution is 2.33. The van der Waals surface area contributed by atoms with E-state index in [1.54, 1.807) is 25.3 Å². The summed E-state index contributed by atoms with van der Waals surface area (Å²) < 4.78 is 5.14. The largest absolute Gasteiger partial charge is 0.506 e. The number of nitrogens with one attached hydrogen (secondary N) is 1. The molecule has 0 spiro atoms. The Kier molecular flexibility index (Phi) is 6.90. The topological polar surface area (TPSA) is 78.9 Å². The Morgan fingerprint density at radius 2 is 1.97 bits per heavy atom. The molecule has 3 rings (SSSR count). The van der Waals surface area contributed by atoms with Crippen molar-refractivity contribution in [1.82, 2.24) is 4.90 Å². The molecule has 0 bridgehead atoms. The maximum absolute atomic E-state index is 12.3. The number of aromatic hydroxyl groups is 1. The van der Waals surface area contributed by atoms with Gasteiger partial charge in [-0.15, -0.1) is 0 Å². The van der Waals surface area contributed by atoms with E-state index in [9.17, 15) is 14.7 Å². The van der Waals surface area contributed by atoms with Gasteiger partial charge in [0.05, 0.1) is 17.7 Å². The van der Waals surface area contributed by atoms with E-state index in [-0.39, 0.29) is 23.3 Å². The summed E-state index contributed by atoms with van der Waals surface area (Å²) in [5.41, 5.74) is 1.29. The fourth-order valence-electron chi connectivity index (χ4n) is 2.73. The highest BCUT2D eigenvalue weighted by molar-refractivity contribution is 8.19. The lowest BCUT2D eigenvalue weighted by Crippen LogP contribution is -2.28. The normalized spacial score (nSPS) is 15.1. The van der Waals surface area contributed by atoms with E-state index in [2.05, 4.69) is 5.32 Å². The third-order valence-corrected chi connectivity index (χ3v) is 5.75. The van der Waals surface area contributed by atoms with Crippen LogP contribution in [0.25, 0.3) is 6.08 Å². The molecule has 1 saturated heterocycles. The Balaban J connectivity index is 1.54. The third kappa shape index (κ3) is 5.36. The Hall–Kier alpha value is -2.84. The molecule has 2 aromatic carbocycles. The molecule has 0 aromatic heterocycles. The fraction of sp³-hybridized carbons (Fsp3) is 0.190. The lowest BCUT2D eigenvalue weighted by molar-refractivity contribution is -0.116. The van der Waals surface area contributed by atoms with Crippen molar-refractivity contribution < 1.29 is 19.4 Å². The summed E-state index contributed by atoms with van der Waals surface area (Å²) in [5.74, 6) is 0.542. The SMILES string of the molecule is COc1ccc(/C=C2/SC(=O)N(CCCC(=O)Nc3ccccc3O)C2=S)cc1. The zero-order chi connectivity index (χ0) is 20.8. The molecule has 0 radical (unpaired) electrons. The quantitative estimate of drug-likeness (QED) is 0.379. The van der Waals surface area contributed by atoms with Crippen LogP contribution in [0, 0.1) is 0 Å². The summed E-state index contributed by atoms with van der Waals surface area (Å²) in [4.78, 5) is 27.1. The Labute approximate surface area is 178 Å². The number of ether oxygens (including phenoxy) is 1. The molecule has 0 aliphatic carbocycles. The predicted octanol–water partition coefficient (Wildman–Crippen LogP) is 4.66. The number of phenolic OH excluding ortho intramolecular Hbond substituents is 1. The number of phenols is 1. The van der Waals surface area contributed by atoms with Gasteiger partial charge in [-0.3, -0.25) is 14.5 Å². The zero-order valence-electron chi connectivity index (χ0n) is 15.8. The molecule has 8 heteroatoms. The second kappa shape index (κ2) is 9.58. The van der Waals surface area contributed by atoms with Crippen molar-refractivity contribution in [3.8, 4) is 11.5 Å². The highest BCUT2D eigenvalue weighted by Gasteiger charge is 2.31. The molecule has 0 atom stereocenters. The van der Waals surface area contributed by atoms with Gasteiger partial charge < -0.3 is 15.2 Å². The summed E-state index contributed by atoms with van der Waals surface area (Å²) in [6.45, 7) is 0.360. The molecule has 1 fully saturated rings. The smallest absolute Gasteiger partial charge is 0.291 e. The van der Waals surface area contributed by atoms with Gasteiger partial charge in [0.25, 0.3) is 5.24 Å². The first-order valence-electron chi connectivity index (χ1n) is 8.95. The number of carbonyl (C=O) groups is 2. The van der Waals surface area contributed by atoms with E-state index in [0.717, 1.165) is 23.1 Å². The van der Waals surface area contributed by atoms with Crippen molar-refractivity contribution in [2.24, 2.45) is 0 Å². The van der Waals surface area contributed by atoms with Gasteiger partial charge >= 0.3 is 0 Å². The number of hydrogen-bond acceptors (Lipinski definition) is 6. The Morgan fingerprint density at radius 3 is 2.66 bits per heavy atom. The molecule has 1 aliphatic heterocycles. The first kappa shape index (κ1) is 20.9. The van der Waals surface area contributed by atoms with Crippen LogP contribution < -0.4 is 10.1 Å². The Morgan fingerprint density at radius 1 is 1.24 bits per heavy atom. The average molecular weight is 429 g/mol. The fourth-order valence-corrected chi connectivity index (χ4v) is 4.02. The number of thioether (sulfide) groups is 1. The molecule has 150 valence electrons. The van der Waals surface area contributed by atoms with Crippen molar-refractivity contribution in [1.29, 1.82) is 0 Å². The summed E-state index contributed by atoms with van der Waals surface area (Å²) in [6.07, 6.45) is 2.54. The summed E-state index contributed by atoms with van der Waals surface area (Å²) in [7, 11) is 1.61. The first-order chi connectivity index (χ1) is 14.0. The molecule has 6 nitrogen and oxygen atoms in total. The number of amides is 2. The van der Waals surface area contributed by atoms with Gasteiger partial charge in [0, 0.05) is 13.0 Å². The number of thiocarbonyl (C=S) groups is 1.